The molecular formula is C13H21N3O. The molecule has 1 saturated heterocycles. The van der Waals surface area contributed by atoms with Crippen LogP contribution in [-0.4, -0.2) is 23.4 Å². The standard InChI is InChI=1S/C13H21N3O/c1-2-9-5-7-13(8-6-9)11(17)15-12(16-13)14-10-3-4-10/h9-10H,2-8H2,1H3,(H2,14,15,16,17). The van der Waals surface area contributed by atoms with Crippen molar-refractivity contribution in [1.82, 2.24) is 10.6 Å². The Bertz CT molecular complexity index is 352. The zero-order valence-corrected chi connectivity index (χ0v) is 10.5. The van der Waals surface area contributed by atoms with Gasteiger partial charge in [-0.1, -0.05) is 13.3 Å². The Morgan fingerprint density at radius 2 is 2.00 bits per heavy atom. The molecule has 4 heteroatoms. The molecule has 0 aromatic carbocycles. The summed E-state index contributed by atoms with van der Waals surface area (Å²) in [5.41, 5.74) is -0.334. The van der Waals surface area contributed by atoms with Crippen LogP contribution in [0.2, 0.25) is 0 Å². The first-order valence-corrected chi connectivity index (χ1v) is 6.89. The normalized spacial score (nSPS) is 39.5. The fourth-order valence-electron chi connectivity index (χ4n) is 2.92. The lowest BCUT2D eigenvalue weighted by Crippen LogP contribution is -2.49. The van der Waals surface area contributed by atoms with Gasteiger partial charge in [0.2, 0.25) is 0 Å². The summed E-state index contributed by atoms with van der Waals surface area (Å²) < 4.78 is 0. The molecule has 94 valence electrons. The quantitative estimate of drug-likeness (QED) is 0.763. The maximum absolute atomic E-state index is 12.1. The van der Waals surface area contributed by atoms with Crippen LogP contribution in [0.15, 0.2) is 4.99 Å². The number of nitrogens with one attached hydrogen (secondary N) is 2. The molecule has 4 nitrogen and oxygen atoms in total. The van der Waals surface area contributed by atoms with Gasteiger partial charge in [0.15, 0.2) is 5.96 Å². The minimum Gasteiger partial charge on any atom is -0.342 e. The molecule has 17 heavy (non-hydrogen) atoms. The molecule has 0 atom stereocenters. The zero-order valence-electron chi connectivity index (χ0n) is 10.5. The van der Waals surface area contributed by atoms with E-state index in [1.807, 2.05) is 0 Å². The Morgan fingerprint density at radius 1 is 1.29 bits per heavy atom. The van der Waals surface area contributed by atoms with Crippen molar-refractivity contribution >= 4 is 11.9 Å². The SMILES string of the molecule is CCC1CCC2(CC1)NC(=NC1CC1)NC2=O. The second-order valence-electron chi connectivity index (χ2n) is 5.72. The molecule has 2 saturated carbocycles. The van der Waals surface area contributed by atoms with E-state index in [2.05, 4.69) is 22.5 Å². The van der Waals surface area contributed by atoms with Crippen LogP contribution in [0, 0.1) is 5.92 Å². The topological polar surface area (TPSA) is 53.5 Å². The Kier molecular flexibility index (Phi) is 2.60. The second-order valence-corrected chi connectivity index (χ2v) is 5.72. The van der Waals surface area contributed by atoms with E-state index in [4.69, 9.17) is 0 Å². The first-order chi connectivity index (χ1) is 8.22. The van der Waals surface area contributed by atoms with E-state index in [-0.39, 0.29) is 11.4 Å². The third kappa shape index (κ3) is 2.05. The van der Waals surface area contributed by atoms with Gasteiger partial charge in [-0.3, -0.25) is 10.1 Å². The van der Waals surface area contributed by atoms with Gasteiger partial charge in [-0.05, 0) is 44.4 Å². The van der Waals surface area contributed by atoms with Crippen LogP contribution in [0.25, 0.3) is 0 Å². The van der Waals surface area contributed by atoms with Crippen molar-refractivity contribution in [3.63, 3.8) is 0 Å². The van der Waals surface area contributed by atoms with Gasteiger partial charge in [0, 0.05) is 0 Å². The minimum absolute atomic E-state index is 0.145. The van der Waals surface area contributed by atoms with Gasteiger partial charge in [0.1, 0.15) is 5.54 Å². The van der Waals surface area contributed by atoms with Gasteiger partial charge in [-0.2, -0.15) is 0 Å². The van der Waals surface area contributed by atoms with Crippen LogP contribution in [-0.2, 0) is 4.79 Å². The Balaban J connectivity index is 1.69. The molecular weight excluding hydrogens is 214 g/mol. The fraction of sp³-hybridized carbons (Fsp3) is 0.846. The number of nitrogens with zero attached hydrogens (tertiary/aromatic N) is 1. The van der Waals surface area contributed by atoms with Crippen molar-refractivity contribution in [2.24, 2.45) is 10.9 Å². The highest BCUT2D eigenvalue weighted by atomic mass is 16.2. The number of guanidine groups is 1. The number of aliphatic imine (C=N–C) groups is 1. The van der Waals surface area contributed by atoms with Crippen molar-refractivity contribution in [3.05, 3.63) is 0 Å². The zero-order chi connectivity index (χ0) is 11.9. The summed E-state index contributed by atoms with van der Waals surface area (Å²) in [6.45, 7) is 2.24. The number of carbonyl (C=O) groups excluding carboxylic acids is 1. The van der Waals surface area contributed by atoms with E-state index < -0.39 is 0 Å². The van der Waals surface area contributed by atoms with E-state index in [1.165, 1.54) is 19.3 Å². The second kappa shape index (κ2) is 4.00. The summed E-state index contributed by atoms with van der Waals surface area (Å²) in [5, 5.41) is 6.28. The van der Waals surface area contributed by atoms with Gasteiger partial charge >= 0.3 is 0 Å². The predicted octanol–water partition coefficient (Wildman–Crippen LogP) is 1.56. The molecule has 0 bridgehead atoms. The van der Waals surface area contributed by atoms with E-state index in [0.717, 1.165) is 37.6 Å². The molecule has 0 unspecified atom stereocenters. The van der Waals surface area contributed by atoms with Crippen LogP contribution in [0.5, 0.6) is 0 Å². The number of hydrogen-bond donors (Lipinski definition) is 2. The molecule has 2 N–H and O–H groups in total. The number of carbonyl (C=O) groups is 1. The summed E-state index contributed by atoms with van der Waals surface area (Å²) in [6, 6.07) is 0.458. The molecule has 0 aromatic heterocycles. The third-order valence-electron chi connectivity index (χ3n) is 4.42. The highest BCUT2D eigenvalue weighted by molar-refractivity contribution is 6.09. The lowest BCUT2D eigenvalue weighted by atomic mass is 9.76. The third-order valence-corrected chi connectivity index (χ3v) is 4.42. The van der Waals surface area contributed by atoms with Crippen LogP contribution in [0.4, 0.5) is 0 Å². The lowest BCUT2D eigenvalue weighted by Gasteiger charge is -2.34. The summed E-state index contributed by atoms with van der Waals surface area (Å²) in [7, 11) is 0. The Hall–Kier alpha value is -1.06. The number of rotatable bonds is 2. The molecule has 0 aromatic rings. The Labute approximate surface area is 102 Å². The van der Waals surface area contributed by atoms with Crippen LogP contribution >= 0.6 is 0 Å². The van der Waals surface area contributed by atoms with Gasteiger partial charge in [0.25, 0.3) is 5.91 Å². The molecule has 3 rings (SSSR count). The van der Waals surface area contributed by atoms with Gasteiger partial charge in [0.05, 0.1) is 6.04 Å². The molecule has 1 spiro atoms. The maximum Gasteiger partial charge on any atom is 0.252 e. The van der Waals surface area contributed by atoms with Gasteiger partial charge < -0.3 is 5.32 Å². The number of amides is 1. The minimum atomic E-state index is -0.334. The summed E-state index contributed by atoms with van der Waals surface area (Å²) in [4.78, 5) is 16.6. The van der Waals surface area contributed by atoms with Crippen LogP contribution < -0.4 is 10.6 Å². The fourth-order valence-corrected chi connectivity index (χ4v) is 2.92. The molecule has 3 fully saturated rings. The highest BCUT2D eigenvalue weighted by Gasteiger charge is 2.47. The van der Waals surface area contributed by atoms with E-state index in [0.29, 0.717) is 6.04 Å². The average molecular weight is 235 g/mol. The number of hydrogen-bond acceptors (Lipinski definition) is 2. The molecule has 1 aliphatic heterocycles. The van der Waals surface area contributed by atoms with Crippen LogP contribution in [0.1, 0.15) is 51.9 Å². The van der Waals surface area contributed by atoms with Gasteiger partial charge in [-0.15, -0.1) is 0 Å². The lowest BCUT2D eigenvalue weighted by molar-refractivity contribution is -0.125. The van der Waals surface area contributed by atoms with Crippen LogP contribution in [0.3, 0.4) is 0 Å². The van der Waals surface area contributed by atoms with Crippen molar-refractivity contribution in [2.75, 3.05) is 0 Å². The largest absolute Gasteiger partial charge is 0.342 e. The molecule has 2 aliphatic carbocycles. The van der Waals surface area contributed by atoms with Gasteiger partial charge in [-0.25, -0.2) is 4.99 Å². The van der Waals surface area contributed by atoms with Crippen molar-refractivity contribution in [1.29, 1.82) is 0 Å². The Morgan fingerprint density at radius 3 is 2.59 bits per heavy atom. The smallest absolute Gasteiger partial charge is 0.252 e. The summed E-state index contributed by atoms with van der Waals surface area (Å²) in [5.74, 6) is 1.68. The first kappa shape index (κ1) is 11.1. The predicted molar refractivity (Wildman–Crippen MR) is 66.7 cm³/mol. The van der Waals surface area contributed by atoms with Crippen molar-refractivity contribution < 1.29 is 4.79 Å². The molecule has 1 heterocycles. The van der Waals surface area contributed by atoms with Crippen molar-refractivity contribution in [3.8, 4) is 0 Å². The van der Waals surface area contributed by atoms with E-state index in [9.17, 15) is 4.79 Å². The average Bonchev–Trinajstić information content (AvgIpc) is 3.08. The summed E-state index contributed by atoms with van der Waals surface area (Å²) in [6.07, 6.45) is 7.82. The summed E-state index contributed by atoms with van der Waals surface area (Å²) >= 11 is 0. The monoisotopic (exact) mass is 235 g/mol. The van der Waals surface area contributed by atoms with E-state index >= 15 is 0 Å². The molecule has 1 amide bonds. The van der Waals surface area contributed by atoms with Crippen molar-refractivity contribution in [2.45, 2.75) is 63.5 Å². The van der Waals surface area contributed by atoms with E-state index in [1.54, 1.807) is 0 Å². The molecule has 0 radical (unpaired) electrons. The molecule has 3 aliphatic rings. The first-order valence-electron chi connectivity index (χ1n) is 6.89. The highest BCUT2D eigenvalue weighted by Crippen LogP contribution is 2.35. The maximum atomic E-state index is 12.1.